The molecule has 0 fully saturated rings. The molecule has 2 aromatic carbocycles. The van der Waals surface area contributed by atoms with Crippen molar-refractivity contribution in [1.82, 2.24) is 5.27 Å². The third-order valence-electron chi connectivity index (χ3n) is 3.73. The van der Waals surface area contributed by atoms with Crippen molar-refractivity contribution in [2.45, 2.75) is 19.4 Å². The van der Waals surface area contributed by atoms with Crippen LogP contribution in [0.1, 0.15) is 18.5 Å². The number of hydrogen-bond donors (Lipinski definition) is 2. The summed E-state index contributed by atoms with van der Waals surface area (Å²) in [5.74, 6) is -0.171. The van der Waals surface area contributed by atoms with Crippen molar-refractivity contribution >= 4 is 29.2 Å². The number of halogens is 1. The van der Waals surface area contributed by atoms with Gasteiger partial charge in [-0.05, 0) is 28.4 Å². The third kappa shape index (κ3) is 4.52. The topological polar surface area (TPSA) is 94.1 Å². The van der Waals surface area contributed by atoms with Gasteiger partial charge in [0.25, 0.3) is 6.20 Å². The van der Waals surface area contributed by atoms with Gasteiger partial charge in [0, 0.05) is 24.1 Å². The van der Waals surface area contributed by atoms with Gasteiger partial charge in [0.1, 0.15) is 0 Å². The molecule has 134 valence electrons. The van der Waals surface area contributed by atoms with E-state index in [9.17, 15) is 9.90 Å². The van der Waals surface area contributed by atoms with Crippen molar-refractivity contribution in [1.29, 1.82) is 0 Å². The molecule has 1 atom stereocenters. The molecule has 2 amide bonds. The number of urea groups is 1. The molecule has 0 saturated carbocycles. The summed E-state index contributed by atoms with van der Waals surface area (Å²) >= 11 is 5.67. The minimum Gasteiger partial charge on any atom is -0.871 e. The number of nitrogens with zero attached hydrogens (tertiary/aromatic N) is 2. The summed E-state index contributed by atoms with van der Waals surface area (Å²) in [7, 11) is 0. The SMILES string of the molecule is CC(Cc1ccccc1)[n+]1cc(NC(=O)Nc2ccc(Cl)c([O-])c2)on1. The highest BCUT2D eigenvalue weighted by Gasteiger charge is 2.21. The second kappa shape index (κ2) is 7.88. The Balaban J connectivity index is 1.58. The van der Waals surface area contributed by atoms with E-state index in [2.05, 4.69) is 15.9 Å². The summed E-state index contributed by atoms with van der Waals surface area (Å²) in [4.78, 5) is 12.0. The fourth-order valence-corrected chi connectivity index (χ4v) is 2.54. The highest BCUT2D eigenvalue weighted by atomic mass is 35.5. The molecule has 0 saturated heterocycles. The van der Waals surface area contributed by atoms with E-state index in [1.165, 1.54) is 23.8 Å². The van der Waals surface area contributed by atoms with E-state index in [0.29, 0.717) is 5.69 Å². The lowest BCUT2D eigenvalue weighted by Gasteiger charge is -2.11. The molecule has 0 aliphatic rings. The molecular weight excluding hydrogens is 356 g/mol. The minimum absolute atomic E-state index is 0.0547. The molecule has 1 unspecified atom stereocenters. The number of hydrogen-bond acceptors (Lipinski definition) is 4. The van der Waals surface area contributed by atoms with Crippen molar-refractivity contribution in [3.8, 4) is 5.75 Å². The number of nitrogens with one attached hydrogen (secondary N) is 2. The predicted octanol–water partition coefficient (Wildman–Crippen LogP) is 3.14. The Labute approximate surface area is 155 Å². The zero-order valence-corrected chi connectivity index (χ0v) is 14.7. The van der Waals surface area contributed by atoms with Gasteiger partial charge >= 0.3 is 11.9 Å². The monoisotopic (exact) mass is 372 g/mol. The van der Waals surface area contributed by atoms with E-state index >= 15 is 0 Å². The molecule has 1 heterocycles. The maximum atomic E-state index is 12.0. The number of rotatable bonds is 5. The molecule has 0 radical (unpaired) electrons. The van der Waals surface area contributed by atoms with Crippen molar-refractivity contribution in [3.05, 3.63) is 65.3 Å². The normalized spacial score (nSPS) is 11.8. The van der Waals surface area contributed by atoms with Crippen molar-refractivity contribution in [2.75, 3.05) is 10.6 Å². The average molecular weight is 373 g/mol. The first-order chi connectivity index (χ1) is 12.5. The van der Waals surface area contributed by atoms with Gasteiger partial charge in [-0.1, -0.05) is 47.7 Å². The first-order valence-corrected chi connectivity index (χ1v) is 8.35. The van der Waals surface area contributed by atoms with Crippen LogP contribution in [0.5, 0.6) is 5.75 Å². The van der Waals surface area contributed by atoms with Crippen LogP contribution in [0.15, 0.2) is 59.3 Å². The average Bonchev–Trinajstić information content (AvgIpc) is 3.07. The fraction of sp³-hybridized carbons (Fsp3) is 0.167. The van der Waals surface area contributed by atoms with E-state index in [0.717, 1.165) is 6.42 Å². The van der Waals surface area contributed by atoms with E-state index in [1.54, 1.807) is 10.9 Å². The van der Waals surface area contributed by atoms with Gasteiger partial charge in [-0.25, -0.2) is 4.79 Å². The Morgan fingerprint density at radius 2 is 2.04 bits per heavy atom. The zero-order valence-electron chi connectivity index (χ0n) is 14.0. The van der Waals surface area contributed by atoms with Crippen LogP contribution >= 0.6 is 11.6 Å². The largest absolute Gasteiger partial charge is 0.871 e. The first-order valence-electron chi connectivity index (χ1n) is 7.98. The second-order valence-electron chi connectivity index (χ2n) is 5.81. The first kappa shape index (κ1) is 17.8. The second-order valence-corrected chi connectivity index (χ2v) is 6.22. The Kier molecular flexibility index (Phi) is 5.38. The molecule has 7 nitrogen and oxygen atoms in total. The number of carbonyl (C=O) groups is 1. The maximum Gasteiger partial charge on any atom is 0.326 e. The Morgan fingerprint density at radius 3 is 2.77 bits per heavy atom. The van der Waals surface area contributed by atoms with Gasteiger partial charge in [0.15, 0.2) is 6.04 Å². The maximum absolute atomic E-state index is 12.0. The molecule has 8 heteroatoms. The Morgan fingerprint density at radius 1 is 1.27 bits per heavy atom. The summed E-state index contributed by atoms with van der Waals surface area (Å²) in [5, 5.41) is 20.6. The molecule has 26 heavy (non-hydrogen) atoms. The summed E-state index contributed by atoms with van der Waals surface area (Å²) in [5.41, 5.74) is 1.51. The van der Waals surface area contributed by atoms with Gasteiger partial charge < -0.3 is 10.4 Å². The molecule has 0 bridgehead atoms. The molecule has 1 aromatic heterocycles. The lowest BCUT2D eigenvalue weighted by molar-refractivity contribution is -0.782. The highest BCUT2D eigenvalue weighted by molar-refractivity contribution is 6.32. The van der Waals surface area contributed by atoms with Crippen LogP contribution in [0.2, 0.25) is 5.02 Å². The fourth-order valence-electron chi connectivity index (χ4n) is 2.43. The summed E-state index contributed by atoms with van der Waals surface area (Å²) < 4.78 is 6.77. The number of anilines is 2. The van der Waals surface area contributed by atoms with Crippen LogP contribution in [-0.4, -0.2) is 11.3 Å². The number of benzene rings is 2. The highest BCUT2D eigenvalue weighted by Crippen LogP contribution is 2.23. The molecule has 2 N–H and O–H groups in total. The number of carbonyl (C=O) groups excluding carboxylic acids is 1. The van der Waals surface area contributed by atoms with Crippen molar-refractivity contribution < 1.29 is 19.1 Å². The van der Waals surface area contributed by atoms with Gasteiger partial charge in [-0.2, -0.15) is 0 Å². The molecule has 0 aliphatic heterocycles. The smallest absolute Gasteiger partial charge is 0.326 e. The number of amides is 2. The third-order valence-corrected chi connectivity index (χ3v) is 4.05. The zero-order chi connectivity index (χ0) is 18.5. The minimum atomic E-state index is -0.550. The molecular formula is C18H17ClN4O3. The van der Waals surface area contributed by atoms with Crippen LogP contribution in [-0.2, 0) is 6.42 Å². The Hall–Kier alpha value is -3.06. The molecule has 0 aliphatic carbocycles. The summed E-state index contributed by atoms with van der Waals surface area (Å²) in [6.45, 7) is 2.00. The van der Waals surface area contributed by atoms with Crippen LogP contribution in [0.4, 0.5) is 16.4 Å². The lowest BCUT2D eigenvalue weighted by atomic mass is 10.1. The van der Waals surface area contributed by atoms with Crippen molar-refractivity contribution in [3.63, 3.8) is 0 Å². The summed E-state index contributed by atoms with van der Waals surface area (Å²) in [6, 6.07) is 13.7. The quantitative estimate of drug-likeness (QED) is 0.673. The van der Waals surface area contributed by atoms with E-state index < -0.39 is 6.03 Å². The predicted molar refractivity (Wildman–Crippen MR) is 95.1 cm³/mol. The molecule has 0 spiro atoms. The standard InChI is InChI=1S/C18H17ClN4O3/c1-12(9-13-5-3-2-4-6-13)23-11-17(26-22-23)21-18(25)20-14-7-8-15(19)16(24)10-14/h2-8,10-12H,9H2,1H3,(H2-,20,21,22,24,25). The van der Waals surface area contributed by atoms with Crippen LogP contribution in [0.25, 0.3) is 0 Å². The van der Waals surface area contributed by atoms with Gasteiger partial charge in [0.05, 0.1) is 0 Å². The molecule has 3 rings (SSSR count). The van der Waals surface area contributed by atoms with Crippen molar-refractivity contribution in [2.24, 2.45) is 0 Å². The van der Waals surface area contributed by atoms with Gasteiger partial charge in [-0.15, -0.1) is 0 Å². The van der Waals surface area contributed by atoms with Crippen LogP contribution in [0, 0.1) is 0 Å². The van der Waals surface area contributed by atoms with Gasteiger partial charge in [0.2, 0.25) is 5.27 Å². The Bertz CT molecular complexity index is 898. The van der Waals surface area contributed by atoms with E-state index in [4.69, 9.17) is 16.1 Å². The lowest BCUT2D eigenvalue weighted by Crippen LogP contribution is -2.40. The number of aromatic nitrogens is 2. The van der Waals surface area contributed by atoms with Crippen LogP contribution in [0.3, 0.4) is 0 Å². The van der Waals surface area contributed by atoms with E-state index in [1.807, 2.05) is 37.3 Å². The molecule has 3 aromatic rings. The van der Waals surface area contributed by atoms with Gasteiger partial charge in [-0.3, -0.25) is 9.84 Å². The summed E-state index contributed by atoms with van der Waals surface area (Å²) in [6.07, 6.45) is 2.38. The van der Waals surface area contributed by atoms with Crippen LogP contribution < -0.4 is 20.4 Å². The van der Waals surface area contributed by atoms with E-state index in [-0.39, 0.29) is 22.7 Å².